The molecular formula is C52H71F2N7O8Si2. The molecule has 2 aliphatic rings. The molecule has 0 aliphatic carbocycles. The van der Waals surface area contributed by atoms with Crippen LogP contribution in [0.25, 0.3) is 16.9 Å². The summed E-state index contributed by atoms with van der Waals surface area (Å²) in [4.78, 5) is 39.6. The average Bonchev–Trinajstić information content (AvgIpc) is 3.77. The smallest absolute Gasteiger partial charge is 0.351 e. The molecule has 0 bridgehead atoms. The van der Waals surface area contributed by atoms with Gasteiger partial charge >= 0.3 is 11.6 Å². The lowest BCUT2D eigenvalue weighted by Crippen LogP contribution is -2.53. The third kappa shape index (κ3) is 11.7. The van der Waals surface area contributed by atoms with Crippen LogP contribution in [0, 0.1) is 0 Å². The molecular weight excluding hydrogens is 945 g/mol. The predicted molar refractivity (Wildman–Crippen MR) is 276 cm³/mol. The number of nitrogens with zero attached hydrogens (tertiary/aromatic N) is 6. The Labute approximate surface area is 417 Å². The minimum absolute atomic E-state index is 0.00919. The quantitative estimate of drug-likeness (QED) is 0.0732. The Bertz CT molecular complexity index is 2740. The maximum absolute atomic E-state index is 16.6. The number of aromatic hydroxyl groups is 3. The Morgan fingerprint density at radius 3 is 1.94 bits per heavy atom. The number of rotatable bonds is 15. The summed E-state index contributed by atoms with van der Waals surface area (Å²) in [6.07, 6.45) is -2.14. The normalized spacial score (nSPS) is 19.4. The molecule has 1 amide bonds. The topological polar surface area (TPSA) is 177 Å². The van der Waals surface area contributed by atoms with Crippen LogP contribution in [0.5, 0.6) is 17.5 Å². The average molecular weight is 1020 g/mol. The molecule has 5 aromatic rings. The first-order valence-electron chi connectivity index (χ1n) is 24.3. The summed E-state index contributed by atoms with van der Waals surface area (Å²) in [6, 6.07) is 19.2. The molecule has 384 valence electrons. The fourth-order valence-electron chi connectivity index (χ4n) is 8.28. The lowest BCUT2D eigenvalue weighted by molar-refractivity contribution is -0.138. The number of anilines is 1. The van der Waals surface area contributed by atoms with Crippen LogP contribution >= 0.6 is 0 Å². The molecule has 0 saturated carbocycles. The summed E-state index contributed by atoms with van der Waals surface area (Å²) >= 11 is 0. The highest BCUT2D eigenvalue weighted by Crippen LogP contribution is 2.49. The van der Waals surface area contributed by atoms with Crippen LogP contribution in [0.15, 0.2) is 83.9 Å². The second-order valence-electron chi connectivity index (χ2n) is 22.3. The van der Waals surface area contributed by atoms with E-state index in [-0.39, 0.29) is 45.9 Å². The molecule has 2 saturated heterocycles. The van der Waals surface area contributed by atoms with E-state index in [1.54, 1.807) is 22.8 Å². The van der Waals surface area contributed by atoms with Crippen LogP contribution < -0.4 is 11.0 Å². The Kier molecular flexibility index (Phi) is 15.3. The van der Waals surface area contributed by atoms with Crippen LogP contribution in [0.4, 0.5) is 14.6 Å². The van der Waals surface area contributed by atoms with Crippen molar-refractivity contribution in [2.75, 3.05) is 38.1 Å². The summed E-state index contributed by atoms with van der Waals surface area (Å²) in [5, 5.41) is 33.9. The number of piperazine rings is 1. The Balaban J connectivity index is 0.928. The van der Waals surface area contributed by atoms with E-state index < -0.39 is 52.6 Å². The Morgan fingerprint density at radius 1 is 0.845 bits per heavy atom. The van der Waals surface area contributed by atoms with Crippen molar-refractivity contribution < 1.29 is 42.5 Å². The van der Waals surface area contributed by atoms with E-state index in [2.05, 4.69) is 45.9 Å². The number of hydrogen-bond acceptors (Lipinski definition) is 12. The zero-order valence-electron chi connectivity index (χ0n) is 43.1. The number of benzene rings is 3. The van der Waals surface area contributed by atoms with Gasteiger partial charge in [-0.15, -0.1) is 0 Å². The highest BCUT2D eigenvalue weighted by Gasteiger charge is 2.63. The number of halogens is 2. The first-order valence-corrected chi connectivity index (χ1v) is 30.1. The van der Waals surface area contributed by atoms with Gasteiger partial charge in [-0.3, -0.25) is 23.7 Å². The van der Waals surface area contributed by atoms with Crippen LogP contribution in [0.2, 0.25) is 36.3 Å². The molecule has 2 aromatic heterocycles. The first kappa shape index (κ1) is 53.5. The number of ether oxygens (including phenoxy) is 1. The number of nitrogens with one attached hydrogen (secondary N) is 1. The molecule has 3 aromatic carbocycles. The third-order valence-corrected chi connectivity index (χ3v) is 23.7. The summed E-state index contributed by atoms with van der Waals surface area (Å²) in [5.41, 5.74) is 3.76. The summed E-state index contributed by atoms with van der Waals surface area (Å²) < 4.78 is 54.2. The molecule has 2 aliphatic heterocycles. The SMILES string of the molecule is CC(C)c1cc(-c2cnc(O)n2-c2ccc(CN3CCN(Cc4ccc(C(=O)Nc5ccn([C@@H]6O[C@H](CO[Si](C)(C)C(C)(C)C)[C@@H](O[Si](C)(C)C(C)(C)C)C6(F)F)c(=O)n5)cc4)CC3)cc2)c(O)cc1O. The lowest BCUT2D eigenvalue weighted by atomic mass is 9.97. The number of amides is 1. The number of phenols is 2. The molecule has 0 unspecified atom stereocenters. The van der Waals surface area contributed by atoms with Gasteiger partial charge in [0.05, 0.1) is 24.2 Å². The molecule has 4 N–H and O–H groups in total. The minimum Gasteiger partial charge on any atom is -0.508 e. The van der Waals surface area contributed by atoms with Gasteiger partial charge in [-0.05, 0) is 95.3 Å². The van der Waals surface area contributed by atoms with Crippen molar-refractivity contribution in [2.24, 2.45) is 0 Å². The zero-order valence-corrected chi connectivity index (χ0v) is 45.1. The van der Waals surface area contributed by atoms with Gasteiger partial charge in [-0.2, -0.15) is 13.8 Å². The van der Waals surface area contributed by atoms with Gasteiger partial charge in [-0.25, -0.2) is 9.78 Å². The van der Waals surface area contributed by atoms with E-state index in [1.165, 1.54) is 24.5 Å². The first-order chi connectivity index (χ1) is 33.1. The molecule has 2 fully saturated rings. The largest absolute Gasteiger partial charge is 0.508 e. The Morgan fingerprint density at radius 2 is 1.41 bits per heavy atom. The minimum atomic E-state index is -3.61. The van der Waals surface area contributed by atoms with E-state index in [0.29, 0.717) is 34.6 Å². The van der Waals surface area contributed by atoms with E-state index in [9.17, 15) is 24.9 Å². The van der Waals surface area contributed by atoms with Crippen molar-refractivity contribution in [1.82, 2.24) is 28.9 Å². The number of carbonyl (C=O) groups excluding carboxylic acids is 1. The van der Waals surface area contributed by atoms with Gasteiger partial charge in [0.1, 0.15) is 29.5 Å². The number of carbonyl (C=O) groups is 1. The highest BCUT2D eigenvalue weighted by atomic mass is 28.4. The molecule has 0 radical (unpaired) electrons. The number of imidazole rings is 1. The van der Waals surface area contributed by atoms with Crippen molar-refractivity contribution in [2.45, 2.75) is 135 Å². The molecule has 4 heterocycles. The molecule has 19 heteroatoms. The third-order valence-electron chi connectivity index (χ3n) is 14.8. The van der Waals surface area contributed by atoms with Crippen LogP contribution in [0.1, 0.15) is 94.6 Å². The Hall–Kier alpha value is -5.29. The standard InChI is InChI=1S/C52H71F2N7O8Si2/c1-33(2)38-27-39(42(63)28-41(38)62)40-29-55-48(65)61(40)37-19-15-35(16-20-37)31-59-25-23-58(24-26-59)30-34-13-17-36(18-14-34)46(64)56-44-21-22-60(49(66)57-44)47-52(53,54)45(69-71(11,12)51(6,7)8)43(68-47)32-67-70(9,10)50(3,4)5/h13-22,27-29,33,43,45,47,62-63H,23-26,30-32H2,1-12H3,(H,55,65)(H,56,57,64,66)/t43-,45-,47-/m1/s1. The fraction of sp³-hybridized carbons (Fsp3) is 0.500. The highest BCUT2D eigenvalue weighted by molar-refractivity contribution is 6.74. The molecule has 15 nitrogen and oxygen atoms in total. The number of alkyl halides is 2. The van der Waals surface area contributed by atoms with Crippen LogP contribution in [-0.4, -0.2) is 118 Å². The molecule has 7 rings (SSSR count). The van der Waals surface area contributed by atoms with Gasteiger partial charge in [0.2, 0.25) is 6.23 Å². The summed E-state index contributed by atoms with van der Waals surface area (Å²) in [6.45, 7) is 28.6. The number of hydrogen-bond donors (Lipinski definition) is 4. The van der Waals surface area contributed by atoms with Crippen molar-refractivity contribution in [3.05, 3.63) is 112 Å². The van der Waals surface area contributed by atoms with E-state index in [0.717, 1.165) is 48.4 Å². The maximum atomic E-state index is 16.6. The van der Waals surface area contributed by atoms with Gasteiger partial charge in [0, 0.05) is 62.7 Å². The van der Waals surface area contributed by atoms with Gasteiger partial charge < -0.3 is 34.2 Å². The van der Waals surface area contributed by atoms with Crippen molar-refractivity contribution in [3.8, 4) is 34.5 Å². The van der Waals surface area contributed by atoms with E-state index in [1.807, 2.05) is 97.2 Å². The fourth-order valence-corrected chi connectivity index (χ4v) is 10.6. The van der Waals surface area contributed by atoms with Crippen LogP contribution in [0.3, 0.4) is 0 Å². The van der Waals surface area contributed by atoms with Crippen molar-refractivity contribution in [1.29, 1.82) is 0 Å². The van der Waals surface area contributed by atoms with Gasteiger partial charge in [-0.1, -0.05) is 79.7 Å². The lowest BCUT2D eigenvalue weighted by Gasteiger charge is -2.41. The van der Waals surface area contributed by atoms with Crippen molar-refractivity contribution >= 4 is 28.4 Å². The van der Waals surface area contributed by atoms with E-state index in [4.69, 9.17) is 13.6 Å². The zero-order chi connectivity index (χ0) is 52.0. The summed E-state index contributed by atoms with van der Waals surface area (Å²) in [5.74, 6) is -4.29. The number of phenolic OH excluding ortho intramolecular Hbond substituents is 2. The molecule has 0 spiro atoms. The molecule has 3 atom stereocenters. The van der Waals surface area contributed by atoms with Crippen LogP contribution in [-0.2, 0) is 26.7 Å². The second kappa shape index (κ2) is 20.3. The maximum Gasteiger partial charge on any atom is 0.351 e. The van der Waals surface area contributed by atoms with Crippen molar-refractivity contribution in [3.63, 3.8) is 0 Å². The van der Waals surface area contributed by atoms with Gasteiger partial charge in [0.15, 0.2) is 16.6 Å². The monoisotopic (exact) mass is 1020 g/mol. The second-order valence-corrected chi connectivity index (χ2v) is 31.9. The van der Waals surface area contributed by atoms with E-state index >= 15 is 8.78 Å². The number of aromatic nitrogens is 4. The van der Waals surface area contributed by atoms with Gasteiger partial charge in [0.25, 0.3) is 11.9 Å². The molecule has 71 heavy (non-hydrogen) atoms. The predicted octanol–water partition coefficient (Wildman–Crippen LogP) is 9.85. The summed E-state index contributed by atoms with van der Waals surface area (Å²) in [7, 11) is -5.11.